The zero-order valence-corrected chi connectivity index (χ0v) is 11.0. The van der Waals surface area contributed by atoms with E-state index in [9.17, 15) is 0 Å². The largest absolute Gasteiger partial charge is 0.412 e. The lowest BCUT2D eigenvalue weighted by molar-refractivity contribution is 0.219. The van der Waals surface area contributed by atoms with Crippen LogP contribution in [0, 0.1) is 0 Å². The third kappa shape index (κ3) is 4.38. The number of hydrogen-bond donors (Lipinski definition) is 0. The molecule has 0 saturated carbocycles. The van der Waals surface area contributed by atoms with Crippen molar-refractivity contribution in [3.63, 3.8) is 0 Å². The summed E-state index contributed by atoms with van der Waals surface area (Å²) in [5, 5.41) is 0. The van der Waals surface area contributed by atoms with Crippen LogP contribution in [0.2, 0.25) is 19.6 Å². The summed E-state index contributed by atoms with van der Waals surface area (Å²) in [6, 6.07) is 0. The van der Waals surface area contributed by atoms with E-state index in [-0.39, 0.29) is 0 Å². The minimum absolute atomic E-state index is 0.397. The third-order valence-corrected chi connectivity index (χ3v) is 3.36. The van der Waals surface area contributed by atoms with Crippen LogP contribution in [0.3, 0.4) is 0 Å². The fraction of sp³-hybridized carbons (Fsp3) is 0.909. The fourth-order valence-corrected chi connectivity index (χ4v) is 2.92. The molecule has 0 aromatic heterocycles. The van der Waals surface area contributed by atoms with E-state index < -0.39 is 8.32 Å². The fourth-order valence-electron chi connectivity index (χ4n) is 1.76. The minimum Gasteiger partial charge on any atom is -0.412 e. The van der Waals surface area contributed by atoms with Gasteiger partial charge in [-0.25, -0.2) is 0 Å². The Balaban J connectivity index is 2.25. The lowest BCUT2D eigenvalue weighted by atomic mass is 10.1. The number of aliphatic imine (C=N–C) groups is 1. The summed E-state index contributed by atoms with van der Waals surface area (Å²) in [4.78, 5) is 4.55. The Morgan fingerprint density at radius 3 is 2.71 bits per heavy atom. The molecule has 0 N–H and O–H groups in total. The Morgan fingerprint density at radius 2 is 2.14 bits per heavy atom. The molecule has 0 fully saturated rings. The highest BCUT2D eigenvalue weighted by Gasteiger charge is 2.25. The predicted octanol–water partition coefficient (Wildman–Crippen LogP) is 3.24. The van der Waals surface area contributed by atoms with Gasteiger partial charge in [-0.15, -0.1) is 0 Å². The van der Waals surface area contributed by atoms with Crippen molar-refractivity contribution in [3.05, 3.63) is 0 Å². The highest BCUT2D eigenvalue weighted by molar-refractivity contribution is 6.69. The van der Waals surface area contributed by atoms with Crippen molar-refractivity contribution in [2.45, 2.75) is 58.4 Å². The molecule has 0 amide bonds. The second-order valence-corrected chi connectivity index (χ2v) is 9.53. The molecule has 1 heterocycles. The van der Waals surface area contributed by atoms with Crippen LogP contribution in [0.25, 0.3) is 0 Å². The minimum atomic E-state index is -1.36. The molecule has 1 unspecified atom stereocenters. The van der Waals surface area contributed by atoms with Gasteiger partial charge >= 0.3 is 0 Å². The van der Waals surface area contributed by atoms with E-state index >= 15 is 0 Å². The van der Waals surface area contributed by atoms with E-state index in [4.69, 9.17) is 4.43 Å². The molecule has 3 heteroatoms. The normalized spacial score (nSPS) is 22.6. The monoisotopic (exact) mass is 213 g/mol. The van der Waals surface area contributed by atoms with Gasteiger partial charge in [0.2, 0.25) is 0 Å². The molecular formula is C11H23NOSi. The van der Waals surface area contributed by atoms with E-state index in [0.717, 1.165) is 13.0 Å². The third-order valence-electron chi connectivity index (χ3n) is 2.32. The van der Waals surface area contributed by atoms with Crippen molar-refractivity contribution < 1.29 is 4.43 Å². The summed E-state index contributed by atoms with van der Waals surface area (Å²) < 4.78 is 6.03. The first-order valence-corrected chi connectivity index (χ1v) is 9.12. The predicted molar refractivity (Wildman–Crippen MR) is 64.7 cm³/mol. The maximum absolute atomic E-state index is 6.03. The number of nitrogens with zero attached hydrogens (tertiary/aromatic N) is 1. The lowest BCUT2D eigenvalue weighted by Crippen LogP contribution is -2.32. The van der Waals surface area contributed by atoms with Gasteiger partial charge in [0.15, 0.2) is 8.32 Å². The van der Waals surface area contributed by atoms with Crippen molar-refractivity contribution in [1.82, 2.24) is 0 Å². The lowest BCUT2D eigenvalue weighted by Gasteiger charge is -2.22. The molecular weight excluding hydrogens is 190 g/mol. The van der Waals surface area contributed by atoms with Crippen LogP contribution >= 0.6 is 0 Å². The maximum Gasteiger partial charge on any atom is 0.184 e. The number of rotatable bonds is 5. The summed E-state index contributed by atoms with van der Waals surface area (Å²) in [5.41, 5.74) is 1.38. The molecule has 1 rings (SSSR count). The van der Waals surface area contributed by atoms with E-state index in [1.807, 2.05) is 0 Å². The summed E-state index contributed by atoms with van der Waals surface area (Å²) in [6.45, 7) is 9.87. The van der Waals surface area contributed by atoms with E-state index in [2.05, 4.69) is 31.6 Å². The highest BCUT2D eigenvalue weighted by atomic mass is 28.4. The van der Waals surface area contributed by atoms with Crippen LogP contribution in [-0.2, 0) is 4.43 Å². The zero-order chi connectivity index (χ0) is 10.6. The molecule has 0 spiro atoms. The number of unbranched alkanes of at least 4 members (excludes halogenated alkanes) is 1. The van der Waals surface area contributed by atoms with Crippen LogP contribution in [0.4, 0.5) is 0 Å². The van der Waals surface area contributed by atoms with Crippen molar-refractivity contribution in [1.29, 1.82) is 0 Å². The Morgan fingerprint density at radius 1 is 1.43 bits per heavy atom. The second-order valence-electron chi connectivity index (χ2n) is 5.07. The first kappa shape index (κ1) is 11.9. The average Bonchev–Trinajstić information content (AvgIpc) is 2.46. The molecule has 82 valence electrons. The van der Waals surface area contributed by atoms with E-state index in [1.54, 1.807) is 0 Å². The molecule has 0 bridgehead atoms. The Labute approximate surface area is 88.9 Å². The summed E-state index contributed by atoms with van der Waals surface area (Å²) in [7, 11) is -1.36. The van der Waals surface area contributed by atoms with Gasteiger partial charge in [-0.1, -0.05) is 13.3 Å². The van der Waals surface area contributed by atoms with Gasteiger partial charge in [-0.2, -0.15) is 0 Å². The second kappa shape index (κ2) is 5.08. The van der Waals surface area contributed by atoms with Gasteiger partial charge in [-0.3, -0.25) is 4.99 Å². The summed E-state index contributed by atoms with van der Waals surface area (Å²) in [5.74, 6) is 0. The average molecular weight is 213 g/mol. The van der Waals surface area contributed by atoms with Crippen molar-refractivity contribution in [2.75, 3.05) is 6.54 Å². The quantitative estimate of drug-likeness (QED) is 0.642. The summed E-state index contributed by atoms with van der Waals surface area (Å²) in [6.07, 6.45) is 5.21. The number of hydrogen-bond acceptors (Lipinski definition) is 2. The van der Waals surface area contributed by atoms with Crippen molar-refractivity contribution in [3.8, 4) is 0 Å². The zero-order valence-electron chi connectivity index (χ0n) is 9.97. The molecule has 1 aliphatic rings. The van der Waals surface area contributed by atoms with Gasteiger partial charge in [0, 0.05) is 12.1 Å². The van der Waals surface area contributed by atoms with Crippen LogP contribution in [0.1, 0.15) is 32.6 Å². The molecule has 0 aliphatic carbocycles. The Hall–Kier alpha value is -0.153. The Kier molecular flexibility index (Phi) is 4.32. The molecule has 1 atom stereocenters. The van der Waals surface area contributed by atoms with Crippen LogP contribution in [-0.4, -0.2) is 26.7 Å². The molecule has 0 aromatic rings. The maximum atomic E-state index is 6.03. The van der Waals surface area contributed by atoms with E-state index in [1.165, 1.54) is 25.0 Å². The van der Waals surface area contributed by atoms with Crippen molar-refractivity contribution in [2.24, 2.45) is 4.99 Å². The SMILES string of the molecule is CCCCC1=NCC(O[Si](C)(C)C)C1. The first-order valence-electron chi connectivity index (χ1n) is 5.71. The highest BCUT2D eigenvalue weighted by Crippen LogP contribution is 2.18. The van der Waals surface area contributed by atoms with Gasteiger partial charge in [-0.05, 0) is 32.5 Å². The Bertz CT molecular complexity index is 208. The first-order chi connectivity index (χ1) is 6.51. The molecule has 0 aromatic carbocycles. The summed E-state index contributed by atoms with van der Waals surface area (Å²) >= 11 is 0. The molecule has 14 heavy (non-hydrogen) atoms. The van der Waals surface area contributed by atoms with Gasteiger partial charge in [0.05, 0.1) is 12.6 Å². The molecule has 0 saturated heterocycles. The van der Waals surface area contributed by atoms with Gasteiger partial charge < -0.3 is 4.43 Å². The van der Waals surface area contributed by atoms with Crippen LogP contribution in [0.5, 0.6) is 0 Å². The van der Waals surface area contributed by atoms with Crippen molar-refractivity contribution >= 4 is 14.0 Å². The topological polar surface area (TPSA) is 21.6 Å². The standard InChI is InChI=1S/C11H23NOSi/c1-5-6-7-10-8-11(9-12-10)13-14(2,3)4/h11H,5-9H2,1-4H3. The van der Waals surface area contributed by atoms with Crippen LogP contribution in [0.15, 0.2) is 4.99 Å². The van der Waals surface area contributed by atoms with Gasteiger partial charge in [0.1, 0.15) is 0 Å². The van der Waals surface area contributed by atoms with Gasteiger partial charge in [0.25, 0.3) is 0 Å². The smallest absolute Gasteiger partial charge is 0.184 e. The van der Waals surface area contributed by atoms with Crippen LogP contribution < -0.4 is 0 Å². The molecule has 1 aliphatic heterocycles. The van der Waals surface area contributed by atoms with E-state index in [0.29, 0.717) is 6.10 Å². The molecule has 0 radical (unpaired) electrons. The molecule has 2 nitrogen and oxygen atoms in total.